The van der Waals surface area contributed by atoms with Crippen molar-refractivity contribution in [2.24, 2.45) is 0 Å². The second-order valence-electron chi connectivity index (χ2n) is 2.55. The summed E-state index contributed by atoms with van der Waals surface area (Å²) in [5.74, 6) is -2.32. The standard InChI is InChI=1S/C6H6O7S/c7-5(8)1-3-4(14(10,11)12)2-6(9)13-3/h2-3H,1H2,(H,7,8)(H,10,11,12). The third kappa shape index (κ3) is 2.30. The molecular formula is C6H6O7S. The van der Waals surface area contributed by atoms with Gasteiger partial charge in [-0.15, -0.1) is 0 Å². The Kier molecular flexibility index (Phi) is 2.58. The summed E-state index contributed by atoms with van der Waals surface area (Å²) in [6, 6.07) is 0. The second kappa shape index (κ2) is 3.39. The minimum Gasteiger partial charge on any atom is -0.481 e. The molecule has 1 unspecified atom stereocenters. The van der Waals surface area contributed by atoms with E-state index in [0.29, 0.717) is 6.08 Å². The van der Waals surface area contributed by atoms with E-state index in [9.17, 15) is 18.0 Å². The highest BCUT2D eigenvalue weighted by atomic mass is 32.2. The molecule has 0 radical (unpaired) electrons. The summed E-state index contributed by atoms with van der Waals surface area (Å²) >= 11 is 0. The number of aliphatic carboxylic acids is 1. The Morgan fingerprint density at radius 2 is 2.14 bits per heavy atom. The largest absolute Gasteiger partial charge is 0.481 e. The molecule has 78 valence electrons. The van der Waals surface area contributed by atoms with Crippen LogP contribution < -0.4 is 0 Å². The molecule has 1 atom stereocenters. The first-order valence-electron chi connectivity index (χ1n) is 3.42. The molecule has 14 heavy (non-hydrogen) atoms. The molecule has 1 aliphatic rings. The summed E-state index contributed by atoms with van der Waals surface area (Å²) < 4.78 is 34.2. The van der Waals surface area contributed by atoms with E-state index in [1.807, 2.05) is 0 Å². The predicted molar refractivity (Wildman–Crippen MR) is 41.8 cm³/mol. The van der Waals surface area contributed by atoms with Gasteiger partial charge in [0.1, 0.15) is 4.91 Å². The van der Waals surface area contributed by atoms with Gasteiger partial charge in [-0.2, -0.15) is 8.42 Å². The zero-order valence-corrected chi connectivity index (χ0v) is 7.52. The Balaban J connectivity index is 2.96. The molecule has 0 aromatic heterocycles. The Hall–Kier alpha value is -1.41. The SMILES string of the molecule is O=C(O)CC1OC(=O)C=C1S(=O)(=O)O. The van der Waals surface area contributed by atoms with Crippen molar-refractivity contribution >= 4 is 22.1 Å². The first kappa shape index (κ1) is 10.7. The lowest BCUT2D eigenvalue weighted by Crippen LogP contribution is -2.20. The molecule has 8 heteroatoms. The van der Waals surface area contributed by atoms with Crippen molar-refractivity contribution in [2.75, 3.05) is 0 Å². The fourth-order valence-corrected chi connectivity index (χ4v) is 1.69. The van der Waals surface area contributed by atoms with Gasteiger partial charge in [0, 0.05) is 6.08 Å². The zero-order chi connectivity index (χ0) is 10.9. The van der Waals surface area contributed by atoms with Crippen LogP contribution >= 0.6 is 0 Å². The number of hydrogen-bond acceptors (Lipinski definition) is 5. The maximum absolute atomic E-state index is 10.6. The van der Waals surface area contributed by atoms with E-state index in [2.05, 4.69) is 4.74 Å². The molecule has 7 nitrogen and oxygen atoms in total. The lowest BCUT2D eigenvalue weighted by molar-refractivity contribution is -0.144. The molecule has 0 aromatic carbocycles. The Bertz CT molecular complexity index is 404. The Morgan fingerprint density at radius 3 is 2.57 bits per heavy atom. The minimum atomic E-state index is -4.58. The van der Waals surface area contributed by atoms with Crippen molar-refractivity contribution in [2.45, 2.75) is 12.5 Å². The van der Waals surface area contributed by atoms with Crippen LogP contribution in [0.5, 0.6) is 0 Å². The van der Waals surface area contributed by atoms with E-state index in [4.69, 9.17) is 9.66 Å². The molecule has 0 spiro atoms. The molecule has 0 aromatic rings. The van der Waals surface area contributed by atoms with Gasteiger partial charge < -0.3 is 9.84 Å². The summed E-state index contributed by atoms with van der Waals surface area (Å²) in [4.78, 5) is 20.1. The molecule has 0 amide bonds. The Morgan fingerprint density at radius 1 is 1.57 bits per heavy atom. The highest BCUT2D eigenvalue weighted by Gasteiger charge is 2.35. The second-order valence-corrected chi connectivity index (χ2v) is 3.97. The lowest BCUT2D eigenvalue weighted by Gasteiger charge is -2.08. The minimum absolute atomic E-state index is 0.558. The monoisotopic (exact) mass is 222 g/mol. The highest BCUT2D eigenvalue weighted by Crippen LogP contribution is 2.22. The van der Waals surface area contributed by atoms with Gasteiger partial charge in [-0.3, -0.25) is 9.35 Å². The summed E-state index contributed by atoms with van der Waals surface area (Å²) in [7, 11) is -4.58. The van der Waals surface area contributed by atoms with Crippen LogP contribution in [0.1, 0.15) is 6.42 Å². The van der Waals surface area contributed by atoms with Gasteiger partial charge in [0.2, 0.25) is 0 Å². The summed E-state index contributed by atoms with van der Waals surface area (Å²) in [5.41, 5.74) is 0. The predicted octanol–water partition coefficient (Wildman–Crippen LogP) is -0.842. The van der Waals surface area contributed by atoms with E-state index < -0.39 is 39.5 Å². The molecule has 0 fully saturated rings. The van der Waals surface area contributed by atoms with Crippen LogP contribution in [0.25, 0.3) is 0 Å². The first-order valence-corrected chi connectivity index (χ1v) is 4.86. The summed E-state index contributed by atoms with van der Waals surface area (Å²) in [5, 5.41) is 8.35. The van der Waals surface area contributed by atoms with Crippen molar-refractivity contribution < 1.29 is 32.4 Å². The molecule has 2 N–H and O–H groups in total. The van der Waals surface area contributed by atoms with Crippen LogP contribution in [0.15, 0.2) is 11.0 Å². The van der Waals surface area contributed by atoms with Crippen LogP contribution in [0, 0.1) is 0 Å². The maximum Gasteiger partial charge on any atom is 0.332 e. The molecule has 0 aliphatic carbocycles. The average molecular weight is 222 g/mol. The molecule has 1 heterocycles. The maximum atomic E-state index is 10.6. The fourth-order valence-electron chi connectivity index (χ4n) is 0.983. The molecule has 1 rings (SSSR count). The molecule has 1 aliphatic heterocycles. The quantitative estimate of drug-likeness (QED) is 0.472. The van der Waals surface area contributed by atoms with Crippen molar-refractivity contribution in [3.63, 3.8) is 0 Å². The first-order chi connectivity index (χ1) is 6.30. The third-order valence-corrected chi connectivity index (χ3v) is 2.47. The van der Waals surface area contributed by atoms with E-state index in [1.165, 1.54) is 0 Å². The van der Waals surface area contributed by atoms with Crippen molar-refractivity contribution in [1.29, 1.82) is 0 Å². The molecule has 0 saturated heterocycles. The van der Waals surface area contributed by atoms with Crippen LogP contribution in [0.3, 0.4) is 0 Å². The number of carboxylic acid groups (broad SMARTS) is 1. The van der Waals surface area contributed by atoms with E-state index >= 15 is 0 Å². The van der Waals surface area contributed by atoms with Gasteiger partial charge in [0.05, 0.1) is 6.42 Å². The number of carbonyl (C=O) groups excluding carboxylic acids is 1. The van der Waals surface area contributed by atoms with E-state index in [-0.39, 0.29) is 0 Å². The van der Waals surface area contributed by atoms with Gasteiger partial charge in [0.25, 0.3) is 10.1 Å². The van der Waals surface area contributed by atoms with Gasteiger partial charge in [-0.25, -0.2) is 4.79 Å². The van der Waals surface area contributed by atoms with E-state index in [0.717, 1.165) is 0 Å². The number of esters is 1. The topological polar surface area (TPSA) is 118 Å². The van der Waals surface area contributed by atoms with Crippen LogP contribution in [-0.4, -0.2) is 36.1 Å². The summed E-state index contributed by atoms with van der Waals surface area (Å²) in [6.07, 6.45) is -1.57. The molecular weight excluding hydrogens is 216 g/mol. The number of carbonyl (C=O) groups is 2. The van der Waals surface area contributed by atoms with Crippen molar-refractivity contribution in [3.05, 3.63) is 11.0 Å². The van der Waals surface area contributed by atoms with Crippen molar-refractivity contribution in [1.82, 2.24) is 0 Å². The van der Waals surface area contributed by atoms with E-state index in [1.54, 1.807) is 0 Å². The normalized spacial score (nSPS) is 21.6. The highest BCUT2D eigenvalue weighted by molar-refractivity contribution is 7.89. The van der Waals surface area contributed by atoms with Gasteiger partial charge in [-0.1, -0.05) is 0 Å². The fraction of sp³-hybridized carbons (Fsp3) is 0.333. The summed E-state index contributed by atoms with van der Waals surface area (Å²) in [6.45, 7) is 0. The average Bonchev–Trinajstić information content (AvgIpc) is 2.28. The zero-order valence-electron chi connectivity index (χ0n) is 6.71. The number of ether oxygens (including phenoxy) is 1. The van der Waals surface area contributed by atoms with Crippen LogP contribution in [-0.2, 0) is 24.4 Å². The number of carboxylic acids is 1. The molecule has 0 saturated carbocycles. The number of hydrogen-bond donors (Lipinski definition) is 2. The Labute approximate surface area is 78.7 Å². The van der Waals surface area contributed by atoms with Gasteiger partial charge in [0.15, 0.2) is 6.10 Å². The van der Waals surface area contributed by atoms with Crippen LogP contribution in [0.2, 0.25) is 0 Å². The number of rotatable bonds is 3. The lowest BCUT2D eigenvalue weighted by atomic mass is 10.2. The number of cyclic esters (lactones) is 1. The third-order valence-electron chi connectivity index (χ3n) is 1.49. The molecule has 0 bridgehead atoms. The van der Waals surface area contributed by atoms with Crippen molar-refractivity contribution in [3.8, 4) is 0 Å². The van der Waals surface area contributed by atoms with Gasteiger partial charge in [-0.05, 0) is 0 Å². The van der Waals surface area contributed by atoms with Gasteiger partial charge >= 0.3 is 11.9 Å². The van der Waals surface area contributed by atoms with Crippen LogP contribution in [0.4, 0.5) is 0 Å². The smallest absolute Gasteiger partial charge is 0.332 e.